The highest BCUT2D eigenvalue weighted by Gasteiger charge is 2.38. The van der Waals surface area contributed by atoms with Crippen molar-refractivity contribution in [1.82, 2.24) is 14.8 Å². The zero-order chi connectivity index (χ0) is 14.1. The van der Waals surface area contributed by atoms with E-state index in [1.807, 2.05) is 30.3 Å². The van der Waals surface area contributed by atoms with Gasteiger partial charge in [0, 0.05) is 11.6 Å². The number of carboxylic acid groups (broad SMARTS) is 1. The van der Waals surface area contributed by atoms with Crippen LogP contribution in [0.2, 0.25) is 0 Å². The van der Waals surface area contributed by atoms with Gasteiger partial charge < -0.3 is 5.11 Å². The molecule has 0 amide bonds. The van der Waals surface area contributed by atoms with Gasteiger partial charge in [-0.25, -0.2) is 0 Å². The molecular weight excluding hydrogens is 274 g/mol. The monoisotopic (exact) mass is 289 g/mol. The first-order valence-electron chi connectivity index (χ1n) is 6.51. The molecule has 1 aromatic heterocycles. The number of carbonyl (C=O) groups is 1. The second kappa shape index (κ2) is 5.28. The van der Waals surface area contributed by atoms with E-state index in [2.05, 4.69) is 21.7 Å². The minimum Gasteiger partial charge on any atom is -0.481 e. The van der Waals surface area contributed by atoms with Crippen LogP contribution < -0.4 is 0 Å². The number of rotatable bonds is 5. The zero-order valence-corrected chi connectivity index (χ0v) is 11.9. The number of thioether (sulfide) groups is 1. The maximum atomic E-state index is 10.7. The minimum absolute atomic E-state index is 0.00796. The van der Waals surface area contributed by atoms with Crippen LogP contribution in [0.25, 0.3) is 11.4 Å². The van der Waals surface area contributed by atoms with E-state index in [-0.39, 0.29) is 5.75 Å². The summed E-state index contributed by atoms with van der Waals surface area (Å²) in [5, 5.41) is 17.9. The molecule has 1 aliphatic carbocycles. The van der Waals surface area contributed by atoms with Gasteiger partial charge in [-0.05, 0) is 12.3 Å². The molecule has 1 fully saturated rings. The summed E-state index contributed by atoms with van der Waals surface area (Å²) in [6.07, 6.45) is 1.10. The van der Waals surface area contributed by atoms with Crippen LogP contribution in [-0.2, 0) is 4.79 Å². The van der Waals surface area contributed by atoms with Crippen LogP contribution in [0.15, 0.2) is 35.5 Å². The molecule has 2 aromatic rings. The number of hydrogen-bond acceptors (Lipinski definition) is 4. The fourth-order valence-electron chi connectivity index (χ4n) is 2.25. The van der Waals surface area contributed by atoms with Crippen molar-refractivity contribution in [2.75, 3.05) is 5.75 Å². The molecule has 1 heterocycles. The van der Waals surface area contributed by atoms with Gasteiger partial charge in [-0.2, -0.15) is 0 Å². The van der Waals surface area contributed by atoms with Crippen LogP contribution in [0, 0.1) is 5.92 Å². The SMILES string of the molecule is CC1CC1n1c(SCC(=O)O)nnc1-c1ccccc1. The fraction of sp³-hybridized carbons (Fsp3) is 0.357. The van der Waals surface area contributed by atoms with Gasteiger partial charge in [0.25, 0.3) is 0 Å². The van der Waals surface area contributed by atoms with Crippen LogP contribution in [0.1, 0.15) is 19.4 Å². The first-order valence-corrected chi connectivity index (χ1v) is 7.50. The quantitative estimate of drug-likeness (QED) is 0.857. The highest BCUT2D eigenvalue weighted by Crippen LogP contribution is 2.46. The van der Waals surface area contributed by atoms with E-state index in [4.69, 9.17) is 5.11 Å². The average Bonchev–Trinajstić information content (AvgIpc) is 3.01. The lowest BCUT2D eigenvalue weighted by Gasteiger charge is -2.08. The van der Waals surface area contributed by atoms with Crippen LogP contribution in [0.4, 0.5) is 0 Å². The second-order valence-corrected chi connectivity index (χ2v) is 5.95. The summed E-state index contributed by atoms with van der Waals surface area (Å²) in [6.45, 7) is 2.19. The molecule has 104 valence electrons. The van der Waals surface area contributed by atoms with Crippen LogP contribution in [0.3, 0.4) is 0 Å². The van der Waals surface area contributed by atoms with Crippen LogP contribution >= 0.6 is 11.8 Å². The highest BCUT2D eigenvalue weighted by atomic mass is 32.2. The van der Waals surface area contributed by atoms with Gasteiger partial charge in [-0.1, -0.05) is 49.0 Å². The van der Waals surface area contributed by atoms with Crippen molar-refractivity contribution < 1.29 is 9.90 Å². The molecule has 6 heteroatoms. The smallest absolute Gasteiger partial charge is 0.313 e. The van der Waals surface area contributed by atoms with Crippen molar-refractivity contribution in [3.8, 4) is 11.4 Å². The third-order valence-corrected chi connectivity index (χ3v) is 4.35. The topological polar surface area (TPSA) is 68.0 Å². The Labute approximate surface area is 121 Å². The van der Waals surface area contributed by atoms with Gasteiger partial charge in [-0.15, -0.1) is 10.2 Å². The third-order valence-electron chi connectivity index (χ3n) is 3.42. The highest BCUT2D eigenvalue weighted by molar-refractivity contribution is 7.99. The largest absolute Gasteiger partial charge is 0.481 e. The van der Waals surface area contributed by atoms with Gasteiger partial charge in [0.1, 0.15) is 0 Å². The first kappa shape index (κ1) is 13.2. The molecule has 1 saturated carbocycles. The van der Waals surface area contributed by atoms with Gasteiger partial charge >= 0.3 is 5.97 Å². The summed E-state index contributed by atoms with van der Waals surface area (Å²) in [4.78, 5) is 10.7. The summed E-state index contributed by atoms with van der Waals surface area (Å²) in [5.41, 5.74) is 1.02. The average molecular weight is 289 g/mol. The molecule has 0 saturated heterocycles. The van der Waals surface area contributed by atoms with Crippen molar-refractivity contribution in [1.29, 1.82) is 0 Å². The van der Waals surface area contributed by atoms with Crippen molar-refractivity contribution in [2.45, 2.75) is 24.5 Å². The summed E-state index contributed by atoms with van der Waals surface area (Å²) in [7, 11) is 0. The second-order valence-electron chi connectivity index (χ2n) is 5.00. The number of aliphatic carboxylic acids is 1. The van der Waals surface area contributed by atoms with E-state index in [9.17, 15) is 4.79 Å². The number of nitrogens with zero attached hydrogens (tertiary/aromatic N) is 3. The molecule has 0 spiro atoms. The molecule has 2 atom stereocenters. The number of hydrogen-bond donors (Lipinski definition) is 1. The van der Waals surface area contributed by atoms with E-state index in [0.717, 1.165) is 17.8 Å². The van der Waals surface area contributed by atoms with E-state index >= 15 is 0 Å². The van der Waals surface area contributed by atoms with Crippen molar-refractivity contribution >= 4 is 17.7 Å². The lowest BCUT2D eigenvalue weighted by atomic mass is 10.2. The van der Waals surface area contributed by atoms with Gasteiger partial charge in [0.2, 0.25) is 0 Å². The molecule has 0 bridgehead atoms. The minimum atomic E-state index is -0.838. The van der Waals surface area contributed by atoms with Crippen molar-refractivity contribution in [2.24, 2.45) is 5.92 Å². The molecule has 3 rings (SSSR count). The Morgan fingerprint density at radius 1 is 1.40 bits per heavy atom. The van der Waals surface area contributed by atoms with Gasteiger partial charge in [0.15, 0.2) is 11.0 Å². The Morgan fingerprint density at radius 3 is 2.70 bits per heavy atom. The molecule has 1 aliphatic rings. The maximum absolute atomic E-state index is 10.7. The lowest BCUT2D eigenvalue weighted by Crippen LogP contribution is -2.04. The lowest BCUT2D eigenvalue weighted by molar-refractivity contribution is -0.133. The van der Waals surface area contributed by atoms with Gasteiger partial charge in [-0.3, -0.25) is 9.36 Å². The predicted molar refractivity (Wildman–Crippen MR) is 76.6 cm³/mol. The Morgan fingerprint density at radius 2 is 2.10 bits per heavy atom. The van der Waals surface area contributed by atoms with E-state index < -0.39 is 5.97 Å². The molecule has 2 unspecified atom stereocenters. The number of benzene rings is 1. The molecule has 0 radical (unpaired) electrons. The van der Waals surface area contributed by atoms with E-state index in [1.54, 1.807) is 0 Å². The number of aromatic nitrogens is 3. The predicted octanol–water partition coefficient (Wildman–Crippen LogP) is 2.70. The van der Waals surface area contributed by atoms with Crippen molar-refractivity contribution in [3.63, 3.8) is 0 Å². The van der Waals surface area contributed by atoms with Crippen LogP contribution in [0.5, 0.6) is 0 Å². The molecule has 20 heavy (non-hydrogen) atoms. The van der Waals surface area contributed by atoms with E-state index in [1.165, 1.54) is 11.8 Å². The summed E-state index contributed by atoms with van der Waals surface area (Å²) < 4.78 is 2.09. The molecule has 1 aromatic carbocycles. The Balaban J connectivity index is 1.96. The zero-order valence-electron chi connectivity index (χ0n) is 11.1. The third kappa shape index (κ3) is 2.56. The summed E-state index contributed by atoms with van der Waals surface area (Å²) >= 11 is 1.23. The van der Waals surface area contributed by atoms with Gasteiger partial charge in [0.05, 0.1) is 5.75 Å². The summed E-state index contributed by atoms with van der Waals surface area (Å²) in [6, 6.07) is 10.3. The Hall–Kier alpha value is -1.82. The maximum Gasteiger partial charge on any atom is 0.313 e. The number of carboxylic acids is 1. The van der Waals surface area contributed by atoms with E-state index in [0.29, 0.717) is 17.1 Å². The fourth-order valence-corrected chi connectivity index (χ4v) is 2.96. The molecule has 1 N–H and O–H groups in total. The first-order chi connectivity index (χ1) is 9.66. The molecule has 0 aliphatic heterocycles. The molecular formula is C14H15N3O2S. The normalized spacial score (nSPS) is 20.9. The Kier molecular flexibility index (Phi) is 3.48. The van der Waals surface area contributed by atoms with Crippen LogP contribution in [-0.4, -0.2) is 31.6 Å². The standard InChI is InChI=1S/C14H15N3O2S/c1-9-7-11(9)17-13(10-5-3-2-4-6-10)15-16-14(17)20-8-12(18)19/h2-6,9,11H,7-8H2,1H3,(H,18,19). The Bertz CT molecular complexity index is 627. The van der Waals surface area contributed by atoms with Crippen molar-refractivity contribution in [3.05, 3.63) is 30.3 Å². The summed E-state index contributed by atoms with van der Waals surface area (Å²) in [5.74, 6) is 0.591. The molecule has 5 nitrogen and oxygen atoms in total.